The van der Waals surface area contributed by atoms with Crippen LogP contribution >= 0.6 is 0 Å². The minimum atomic E-state index is 0.00989. The van der Waals surface area contributed by atoms with E-state index in [2.05, 4.69) is 29.6 Å². The number of anilines is 2. The number of methoxy groups -OCH3 is 1. The van der Waals surface area contributed by atoms with E-state index in [1.165, 1.54) is 0 Å². The predicted octanol–water partition coefficient (Wildman–Crippen LogP) is 5.24. The van der Waals surface area contributed by atoms with Crippen LogP contribution in [0, 0.1) is 0 Å². The van der Waals surface area contributed by atoms with Crippen LogP contribution in [0.3, 0.4) is 0 Å². The van der Waals surface area contributed by atoms with Crippen molar-refractivity contribution in [2.75, 3.05) is 12.4 Å². The summed E-state index contributed by atoms with van der Waals surface area (Å²) in [7, 11) is 1.67. The van der Waals surface area contributed by atoms with E-state index in [9.17, 15) is 5.11 Å². The van der Waals surface area contributed by atoms with Gasteiger partial charge in [0.25, 0.3) is 0 Å². The number of hydrogen-bond acceptors (Lipinski definition) is 3. The van der Waals surface area contributed by atoms with Gasteiger partial charge in [-0.1, -0.05) is 60.7 Å². The lowest BCUT2D eigenvalue weighted by molar-refractivity contribution is 0.285. The van der Waals surface area contributed by atoms with Crippen LogP contribution in [0.25, 0.3) is 21.5 Å². The van der Waals surface area contributed by atoms with Gasteiger partial charge in [0.15, 0.2) is 0 Å². The lowest BCUT2D eigenvalue weighted by atomic mass is 9.95. The molecule has 0 bridgehead atoms. The first-order valence-corrected chi connectivity index (χ1v) is 8.26. The SMILES string of the molecule is COc1ccccc1Nc1c2ccccc2c(CO)c2ccccc12. The molecule has 124 valence electrons. The molecule has 2 N–H and O–H groups in total. The number of ether oxygens (including phenoxy) is 1. The third-order valence-electron chi connectivity index (χ3n) is 4.57. The Labute approximate surface area is 146 Å². The second-order valence-corrected chi connectivity index (χ2v) is 5.93. The Bertz CT molecular complexity index is 999. The van der Waals surface area contributed by atoms with E-state index in [0.29, 0.717) is 0 Å². The molecule has 0 saturated carbocycles. The van der Waals surface area contributed by atoms with Crippen molar-refractivity contribution in [1.29, 1.82) is 0 Å². The lowest BCUT2D eigenvalue weighted by Crippen LogP contribution is -1.99. The second-order valence-electron chi connectivity index (χ2n) is 5.93. The number of hydrogen-bond donors (Lipinski definition) is 2. The maximum absolute atomic E-state index is 9.96. The molecular weight excluding hydrogens is 310 g/mol. The quantitative estimate of drug-likeness (QED) is 0.503. The molecule has 0 radical (unpaired) electrons. The normalized spacial score (nSPS) is 11.0. The van der Waals surface area contributed by atoms with Crippen molar-refractivity contribution in [2.45, 2.75) is 6.61 Å². The standard InChI is InChI=1S/C22H19NO2/c1-25-21-13-7-6-12-20(21)23-22-17-10-4-2-8-15(17)19(14-24)16-9-3-5-11-18(16)22/h2-13,23-24H,14H2,1H3. The van der Waals surface area contributed by atoms with Gasteiger partial charge in [0, 0.05) is 10.8 Å². The van der Waals surface area contributed by atoms with Crippen LogP contribution < -0.4 is 10.1 Å². The molecule has 0 heterocycles. The van der Waals surface area contributed by atoms with Crippen molar-refractivity contribution in [2.24, 2.45) is 0 Å². The smallest absolute Gasteiger partial charge is 0.142 e. The summed E-state index contributed by atoms with van der Waals surface area (Å²) in [4.78, 5) is 0. The lowest BCUT2D eigenvalue weighted by Gasteiger charge is -2.18. The third kappa shape index (κ3) is 2.59. The van der Waals surface area contributed by atoms with E-state index in [4.69, 9.17) is 4.74 Å². The summed E-state index contributed by atoms with van der Waals surface area (Å²) < 4.78 is 5.48. The van der Waals surface area contributed by atoms with Gasteiger partial charge in [-0.2, -0.15) is 0 Å². The molecule has 4 aromatic rings. The molecule has 0 amide bonds. The van der Waals surface area contributed by atoms with Crippen LogP contribution in [0.4, 0.5) is 11.4 Å². The van der Waals surface area contributed by atoms with Gasteiger partial charge in [-0.05, 0) is 28.5 Å². The Morgan fingerprint density at radius 3 is 1.84 bits per heavy atom. The van der Waals surface area contributed by atoms with E-state index in [1.807, 2.05) is 48.5 Å². The first-order chi connectivity index (χ1) is 12.3. The molecule has 4 rings (SSSR count). The Morgan fingerprint density at radius 1 is 0.760 bits per heavy atom. The van der Waals surface area contributed by atoms with Crippen LogP contribution in [0.2, 0.25) is 0 Å². The van der Waals surface area contributed by atoms with E-state index in [-0.39, 0.29) is 6.61 Å². The van der Waals surface area contributed by atoms with Crippen molar-refractivity contribution in [3.8, 4) is 5.75 Å². The second kappa shape index (κ2) is 6.46. The largest absolute Gasteiger partial charge is 0.495 e. The van der Waals surface area contributed by atoms with Crippen molar-refractivity contribution in [3.63, 3.8) is 0 Å². The number of rotatable bonds is 4. The zero-order chi connectivity index (χ0) is 17.2. The third-order valence-corrected chi connectivity index (χ3v) is 4.57. The molecule has 3 nitrogen and oxygen atoms in total. The molecule has 25 heavy (non-hydrogen) atoms. The first-order valence-electron chi connectivity index (χ1n) is 8.26. The van der Waals surface area contributed by atoms with Crippen LogP contribution in [0.1, 0.15) is 5.56 Å². The average Bonchev–Trinajstić information content (AvgIpc) is 2.68. The minimum Gasteiger partial charge on any atom is -0.495 e. The van der Waals surface area contributed by atoms with Gasteiger partial charge in [-0.25, -0.2) is 0 Å². The molecule has 0 fully saturated rings. The zero-order valence-corrected chi connectivity index (χ0v) is 14.0. The van der Waals surface area contributed by atoms with Crippen LogP contribution in [-0.4, -0.2) is 12.2 Å². The Hall–Kier alpha value is -3.04. The molecule has 0 spiro atoms. The van der Waals surface area contributed by atoms with Gasteiger partial charge in [-0.3, -0.25) is 0 Å². The van der Waals surface area contributed by atoms with Crippen LogP contribution in [0.15, 0.2) is 72.8 Å². The van der Waals surface area contributed by atoms with Gasteiger partial charge < -0.3 is 15.2 Å². The summed E-state index contributed by atoms with van der Waals surface area (Å²) in [5, 5.41) is 17.8. The fourth-order valence-corrected chi connectivity index (χ4v) is 3.41. The molecule has 0 aromatic heterocycles. The molecule has 0 aliphatic heterocycles. The summed E-state index contributed by atoms with van der Waals surface area (Å²) in [6.07, 6.45) is 0. The minimum absolute atomic E-state index is 0.00989. The number of fused-ring (bicyclic) bond motifs is 2. The number of aliphatic hydroxyl groups is 1. The molecule has 0 atom stereocenters. The molecular formula is C22H19NO2. The molecule has 0 aliphatic carbocycles. The first kappa shape index (κ1) is 15.5. The van der Waals surface area contributed by atoms with Gasteiger partial charge in [0.1, 0.15) is 5.75 Å². The Balaban J connectivity index is 2.05. The molecule has 0 saturated heterocycles. The maximum atomic E-state index is 9.96. The monoisotopic (exact) mass is 329 g/mol. The highest BCUT2D eigenvalue weighted by Crippen LogP contribution is 2.39. The van der Waals surface area contributed by atoms with E-state index in [1.54, 1.807) is 7.11 Å². The van der Waals surface area contributed by atoms with E-state index in [0.717, 1.165) is 44.2 Å². The summed E-state index contributed by atoms with van der Waals surface area (Å²) in [5.41, 5.74) is 2.89. The fraction of sp³-hybridized carbons (Fsp3) is 0.0909. The predicted molar refractivity (Wildman–Crippen MR) is 104 cm³/mol. The van der Waals surface area contributed by atoms with Crippen molar-refractivity contribution >= 4 is 32.9 Å². The summed E-state index contributed by atoms with van der Waals surface area (Å²) in [6.45, 7) is 0.00989. The van der Waals surface area contributed by atoms with Crippen molar-refractivity contribution < 1.29 is 9.84 Å². The molecule has 0 unspecified atom stereocenters. The van der Waals surface area contributed by atoms with Gasteiger partial charge >= 0.3 is 0 Å². The van der Waals surface area contributed by atoms with Gasteiger partial charge in [0.05, 0.1) is 25.1 Å². The van der Waals surface area contributed by atoms with Crippen LogP contribution in [-0.2, 0) is 6.61 Å². The van der Waals surface area contributed by atoms with Gasteiger partial charge in [-0.15, -0.1) is 0 Å². The Kier molecular flexibility index (Phi) is 4.00. The van der Waals surface area contributed by atoms with Crippen molar-refractivity contribution in [3.05, 3.63) is 78.4 Å². The van der Waals surface area contributed by atoms with Gasteiger partial charge in [0.2, 0.25) is 0 Å². The Morgan fingerprint density at radius 2 is 1.28 bits per heavy atom. The molecule has 3 heteroatoms. The summed E-state index contributed by atoms with van der Waals surface area (Å²) in [6, 6.07) is 24.2. The number of para-hydroxylation sites is 2. The highest BCUT2D eigenvalue weighted by molar-refractivity contribution is 6.14. The van der Waals surface area contributed by atoms with E-state index >= 15 is 0 Å². The fourth-order valence-electron chi connectivity index (χ4n) is 3.41. The number of aliphatic hydroxyl groups excluding tert-OH is 1. The maximum Gasteiger partial charge on any atom is 0.142 e. The molecule has 0 aliphatic rings. The average molecular weight is 329 g/mol. The summed E-state index contributed by atoms with van der Waals surface area (Å²) >= 11 is 0. The van der Waals surface area contributed by atoms with E-state index < -0.39 is 0 Å². The van der Waals surface area contributed by atoms with Crippen molar-refractivity contribution in [1.82, 2.24) is 0 Å². The van der Waals surface area contributed by atoms with Crippen LogP contribution in [0.5, 0.6) is 5.75 Å². The number of nitrogens with one attached hydrogen (secondary N) is 1. The summed E-state index contributed by atoms with van der Waals surface area (Å²) in [5.74, 6) is 0.793. The highest BCUT2D eigenvalue weighted by atomic mass is 16.5. The number of benzene rings is 4. The topological polar surface area (TPSA) is 41.5 Å². The molecule has 4 aromatic carbocycles. The highest BCUT2D eigenvalue weighted by Gasteiger charge is 2.14. The zero-order valence-electron chi connectivity index (χ0n) is 14.0.